The maximum Gasteiger partial charge on any atom is 0.280 e. The van der Waals surface area contributed by atoms with Crippen molar-refractivity contribution >= 4 is 29.7 Å². The van der Waals surface area contributed by atoms with Crippen molar-refractivity contribution < 1.29 is 9.59 Å². The molecule has 0 N–H and O–H groups in total. The second-order valence-corrected chi connectivity index (χ2v) is 4.10. The molecule has 0 aromatic heterocycles. The zero-order valence-electron chi connectivity index (χ0n) is 8.14. The molecule has 15 heavy (non-hydrogen) atoms. The number of hydrogen-bond donors (Lipinski definition) is 0. The van der Waals surface area contributed by atoms with E-state index in [1.807, 2.05) is 24.5 Å². The minimum absolute atomic E-state index is 0.0289. The molecule has 0 aromatic rings. The summed E-state index contributed by atoms with van der Waals surface area (Å²) in [6.07, 6.45) is 9.98. The van der Waals surface area contributed by atoms with E-state index in [1.54, 1.807) is 17.8 Å². The van der Waals surface area contributed by atoms with Crippen molar-refractivity contribution in [2.75, 3.05) is 6.26 Å². The van der Waals surface area contributed by atoms with Gasteiger partial charge in [-0.05, 0) is 12.3 Å². The van der Waals surface area contributed by atoms with E-state index in [0.717, 1.165) is 10.6 Å². The Labute approximate surface area is 91.6 Å². The van der Waals surface area contributed by atoms with E-state index in [9.17, 15) is 9.59 Å². The molecule has 1 heterocycles. The Balaban J connectivity index is 2.36. The fraction of sp³-hybridized carbons (Fsp3) is 0.182. The molecular formula is C11H9NO2S. The third-order valence-electron chi connectivity index (χ3n) is 2.30. The van der Waals surface area contributed by atoms with Crippen molar-refractivity contribution in [3.63, 3.8) is 0 Å². The van der Waals surface area contributed by atoms with E-state index in [0.29, 0.717) is 6.29 Å². The van der Waals surface area contributed by atoms with Crippen molar-refractivity contribution in [3.8, 4) is 0 Å². The normalized spacial score (nSPS) is 23.9. The Morgan fingerprint density at radius 2 is 2.33 bits per heavy atom. The van der Waals surface area contributed by atoms with Crippen molar-refractivity contribution in [1.82, 2.24) is 0 Å². The Bertz CT molecular complexity index is 444. The van der Waals surface area contributed by atoms with Crippen LogP contribution >= 0.6 is 11.8 Å². The number of thioether (sulfide) groups is 1. The largest absolute Gasteiger partial charge is 0.298 e. The lowest BCUT2D eigenvalue weighted by atomic mass is 9.93. The van der Waals surface area contributed by atoms with Crippen molar-refractivity contribution in [3.05, 3.63) is 34.8 Å². The van der Waals surface area contributed by atoms with Gasteiger partial charge in [0.2, 0.25) is 0 Å². The van der Waals surface area contributed by atoms with E-state index in [-0.39, 0.29) is 11.5 Å². The summed E-state index contributed by atoms with van der Waals surface area (Å²) in [6, 6.07) is 0. The number of allylic oxidation sites excluding steroid dienone is 4. The number of fused-ring (bicyclic) bond motifs is 1. The minimum atomic E-state index is -0.441. The minimum Gasteiger partial charge on any atom is -0.298 e. The van der Waals surface area contributed by atoms with Crippen LogP contribution in [0.15, 0.2) is 39.8 Å². The van der Waals surface area contributed by atoms with Gasteiger partial charge in [0, 0.05) is 10.8 Å². The zero-order chi connectivity index (χ0) is 10.8. The summed E-state index contributed by atoms with van der Waals surface area (Å²) in [5.74, 6) is -0.470. The molecule has 1 aliphatic heterocycles. The zero-order valence-corrected chi connectivity index (χ0v) is 8.95. The molecule has 2 rings (SSSR count). The van der Waals surface area contributed by atoms with Crippen LogP contribution < -0.4 is 0 Å². The van der Waals surface area contributed by atoms with Gasteiger partial charge in [-0.25, -0.2) is 4.99 Å². The highest BCUT2D eigenvalue weighted by Crippen LogP contribution is 2.25. The fourth-order valence-corrected chi connectivity index (χ4v) is 1.95. The quantitative estimate of drug-likeness (QED) is 0.522. The van der Waals surface area contributed by atoms with Gasteiger partial charge in [0.1, 0.15) is 0 Å². The molecule has 0 spiro atoms. The van der Waals surface area contributed by atoms with Gasteiger partial charge in [-0.15, -0.1) is 11.8 Å². The molecule has 0 saturated heterocycles. The number of rotatable bonds is 2. The number of nitrogens with zero attached hydrogens (tertiary/aromatic N) is 1. The molecule has 1 unspecified atom stereocenters. The predicted octanol–water partition coefficient (Wildman–Crippen LogP) is 1.53. The average molecular weight is 219 g/mol. The summed E-state index contributed by atoms with van der Waals surface area (Å²) in [5, 5.41) is 0. The van der Waals surface area contributed by atoms with Crippen LogP contribution in [0.3, 0.4) is 0 Å². The highest BCUT2D eigenvalue weighted by atomic mass is 32.2. The van der Waals surface area contributed by atoms with E-state index in [2.05, 4.69) is 4.99 Å². The van der Waals surface area contributed by atoms with Crippen LogP contribution in [0.2, 0.25) is 0 Å². The Morgan fingerprint density at radius 1 is 1.53 bits per heavy atom. The molecule has 1 atom stereocenters. The van der Waals surface area contributed by atoms with Crippen LogP contribution in [0.5, 0.6) is 0 Å². The molecule has 3 nitrogen and oxygen atoms in total. The second-order valence-electron chi connectivity index (χ2n) is 3.22. The third kappa shape index (κ3) is 1.85. The van der Waals surface area contributed by atoms with Crippen LogP contribution in [-0.4, -0.2) is 24.2 Å². The van der Waals surface area contributed by atoms with Gasteiger partial charge in [-0.3, -0.25) is 9.59 Å². The first-order chi connectivity index (χ1) is 7.24. The predicted molar refractivity (Wildman–Crippen MR) is 60.8 cm³/mol. The summed E-state index contributed by atoms with van der Waals surface area (Å²) in [6.45, 7) is 0. The molecule has 0 fully saturated rings. The molecule has 1 aliphatic carbocycles. The topological polar surface area (TPSA) is 46.5 Å². The number of aliphatic imine (C=N–C) groups is 1. The molecule has 76 valence electrons. The maximum atomic E-state index is 11.3. The molecule has 0 radical (unpaired) electrons. The number of hydrogen-bond acceptors (Lipinski definition) is 3. The molecule has 0 saturated carbocycles. The lowest BCUT2D eigenvalue weighted by molar-refractivity contribution is -0.116. The van der Waals surface area contributed by atoms with Crippen LogP contribution in [0.25, 0.3) is 0 Å². The first-order valence-corrected chi connectivity index (χ1v) is 5.71. The monoisotopic (exact) mass is 219 g/mol. The Morgan fingerprint density at radius 3 is 3.00 bits per heavy atom. The van der Waals surface area contributed by atoms with Crippen LogP contribution in [0.4, 0.5) is 0 Å². The summed E-state index contributed by atoms with van der Waals surface area (Å²) in [5.41, 5.74) is 0.867. The van der Waals surface area contributed by atoms with Gasteiger partial charge in [0.05, 0.1) is 11.3 Å². The van der Waals surface area contributed by atoms with Gasteiger partial charge >= 0.3 is 0 Å². The summed E-state index contributed by atoms with van der Waals surface area (Å²) < 4.78 is 0. The van der Waals surface area contributed by atoms with Crippen LogP contribution in [0.1, 0.15) is 0 Å². The Kier molecular flexibility index (Phi) is 2.68. The van der Waals surface area contributed by atoms with E-state index < -0.39 is 5.91 Å². The molecule has 1 amide bonds. The smallest absolute Gasteiger partial charge is 0.280 e. The van der Waals surface area contributed by atoms with Crippen LogP contribution in [0, 0.1) is 5.92 Å². The first kappa shape index (κ1) is 10.1. The van der Waals surface area contributed by atoms with Crippen molar-refractivity contribution in [2.24, 2.45) is 10.9 Å². The summed E-state index contributed by atoms with van der Waals surface area (Å²) in [4.78, 5) is 26.9. The molecular weight excluding hydrogens is 210 g/mol. The highest BCUT2D eigenvalue weighted by molar-refractivity contribution is 8.02. The number of carbonyl (C=O) groups excluding carboxylic acids is 2. The van der Waals surface area contributed by atoms with Gasteiger partial charge in [0.25, 0.3) is 5.91 Å². The molecule has 0 bridgehead atoms. The number of amides is 1. The molecule has 4 heteroatoms. The van der Waals surface area contributed by atoms with E-state index in [1.165, 1.54) is 0 Å². The van der Waals surface area contributed by atoms with E-state index >= 15 is 0 Å². The second kappa shape index (κ2) is 3.98. The lowest BCUT2D eigenvalue weighted by Crippen LogP contribution is -2.20. The molecule has 0 aromatic carbocycles. The lowest BCUT2D eigenvalue weighted by Gasteiger charge is -2.18. The number of dihydropyridines is 1. The van der Waals surface area contributed by atoms with Crippen molar-refractivity contribution in [2.45, 2.75) is 0 Å². The van der Waals surface area contributed by atoms with Crippen molar-refractivity contribution in [1.29, 1.82) is 0 Å². The average Bonchev–Trinajstić information content (AvgIpc) is 2.27. The summed E-state index contributed by atoms with van der Waals surface area (Å²) >= 11 is 1.60. The van der Waals surface area contributed by atoms with Gasteiger partial charge in [-0.2, -0.15) is 0 Å². The third-order valence-corrected chi connectivity index (χ3v) is 3.02. The SMILES string of the molecule is CSC1=CC2=NC(=O)C(C=O)=CC2C=C1. The molecule has 2 aliphatic rings. The number of carbonyl (C=O) groups is 2. The summed E-state index contributed by atoms with van der Waals surface area (Å²) in [7, 11) is 0. The van der Waals surface area contributed by atoms with Crippen LogP contribution in [-0.2, 0) is 9.59 Å². The van der Waals surface area contributed by atoms with Gasteiger partial charge in [0.15, 0.2) is 6.29 Å². The fourth-order valence-electron chi connectivity index (χ4n) is 1.50. The first-order valence-electron chi connectivity index (χ1n) is 4.48. The van der Waals surface area contributed by atoms with E-state index in [4.69, 9.17) is 0 Å². The maximum absolute atomic E-state index is 11.3. The highest BCUT2D eigenvalue weighted by Gasteiger charge is 2.22. The Hall–Kier alpha value is -1.42. The van der Waals surface area contributed by atoms with Gasteiger partial charge < -0.3 is 0 Å². The van der Waals surface area contributed by atoms with Gasteiger partial charge in [-0.1, -0.05) is 18.2 Å². The standard InChI is InChI=1S/C11H9NO2S/c1-15-9-3-2-7-4-8(6-13)11(14)12-10(7)5-9/h2-7H,1H3. The number of aldehydes is 1.